The van der Waals surface area contributed by atoms with Gasteiger partial charge in [-0.25, -0.2) is 0 Å². The first-order valence-corrected chi connectivity index (χ1v) is 9.04. The molecule has 0 N–H and O–H groups in total. The van der Waals surface area contributed by atoms with E-state index in [0.717, 1.165) is 29.7 Å². The summed E-state index contributed by atoms with van der Waals surface area (Å²) in [5, 5.41) is 0. The lowest BCUT2D eigenvalue weighted by Gasteiger charge is -2.17. The third-order valence-electron chi connectivity index (χ3n) is 4.55. The van der Waals surface area contributed by atoms with Crippen molar-refractivity contribution < 1.29 is 14.3 Å². The van der Waals surface area contributed by atoms with Crippen molar-refractivity contribution in [3.63, 3.8) is 0 Å². The molecular formula is C22H28O3. The van der Waals surface area contributed by atoms with Crippen LogP contribution in [0.5, 0.6) is 11.5 Å². The minimum Gasteiger partial charge on any atom is -0.488 e. The van der Waals surface area contributed by atoms with Crippen molar-refractivity contribution in [2.75, 3.05) is 0 Å². The summed E-state index contributed by atoms with van der Waals surface area (Å²) in [5.41, 5.74) is 5.78. The molecule has 0 atom stereocenters. The van der Waals surface area contributed by atoms with Gasteiger partial charge in [0.1, 0.15) is 18.1 Å². The first-order valence-electron chi connectivity index (χ1n) is 9.04. The van der Waals surface area contributed by atoms with E-state index in [-0.39, 0.29) is 5.97 Å². The van der Waals surface area contributed by atoms with Crippen molar-refractivity contribution in [1.82, 2.24) is 0 Å². The molecule has 0 bridgehead atoms. The molecule has 3 heteroatoms. The second kappa shape index (κ2) is 8.70. The van der Waals surface area contributed by atoms with Crippen LogP contribution < -0.4 is 9.47 Å². The third-order valence-corrected chi connectivity index (χ3v) is 4.55. The zero-order valence-corrected chi connectivity index (χ0v) is 15.9. The number of carbonyl (C=O) groups excluding carboxylic acids is 1. The van der Waals surface area contributed by atoms with E-state index in [1.807, 2.05) is 12.1 Å². The summed E-state index contributed by atoms with van der Waals surface area (Å²) in [5.74, 6) is 1.28. The lowest BCUT2D eigenvalue weighted by atomic mass is 10.0. The molecule has 0 radical (unpaired) electrons. The molecule has 0 amide bonds. The summed E-state index contributed by atoms with van der Waals surface area (Å²) in [6.07, 6.45) is 2.14. The first-order chi connectivity index (χ1) is 12.0. The van der Waals surface area contributed by atoms with E-state index in [1.54, 1.807) is 6.92 Å². The van der Waals surface area contributed by atoms with Crippen LogP contribution in [0.4, 0.5) is 0 Å². The average molecular weight is 340 g/mol. The van der Waals surface area contributed by atoms with Gasteiger partial charge in [-0.05, 0) is 61.1 Å². The molecule has 2 aromatic carbocycles. The van der Waals surface area contributed by atoms with Crippen LogP contribution in [-0.4, -0.2) is 5.97 Å². The molecular weight excluding hydrogens is 312 g/mol. The number of benzene rings is 2. The Kier molecular flexibility index (Phi) is 6.63. The first kappa shape index (κ1) is 19.0. The fourth-order valence-corrected chi connectivity index (χ4v) is 2.81. The maximum Gasteiger partial charge on any atom is 0.310 e. The third kappa shape index (κ3) is 4.62. The lowest BCUT2D eigenvalue weighted by Crippen LogP contribution is -2.10. The van der Waals surface area contributed by atoms with E-state index in [4.69, 9.17) is 9.47 Å². The van der Waals surface area contributed by atoms with Crippen LogP contribution in [0, 0.1) is 13.8 Å². The van der Waals surface area contributed by atoms with E-state index < -0.39 is 0 Å². The van der Waals surface area contributed by atoms with Crippen LogP contribution in [-0.2, 0) is 24.2 Å². The van der Waals surface area contributed by atoms with Gasteiger partial charge in [-0.1, -0.05) is 39.0 Å². The van der Waals surface area contributed by atoms with Crippen molar-refractivity contribution in [3.05, 3.63) is 58.1 Å². The standard InChI is InChI=1S/C22H28O3/c1-6-17-10-9-11-20(25-22(23)8-3)19(17)14-24-21-13-16(5)15(4)12-18(21)7-2/h9-13H,6-8,14H2,1-5H3. The van der Waals surface area contributed by atoms with Crippen LogP contribution in [0.15, 0.2) is 30.3 Å². The van der Waals surface area contributed by atoms with Gasteiger partial charge in [-0.2, -0.15) is 0 Å². The van der Waals surface area contributed by atoms with Gasteiger partial charge in [0.2, 0.25) is 0 Å². The average Bonchev–Trinajstić information content (AvgIpc) is 2.62. The second-order valence-electron chi connectivity index (χ2n) is 6.26. The Balaban J connectivity index is 2.31. The van der Waals surface area contributed by atoms with Crippen LogP contribution in [0.25, 0.3) is 0 Å². The summed E-state index contributed by atoms with van der Waals surface area (Å²) in [6, 6.07) is 10.1. The number of carbonyl (C=O) groups is 1. The second-order valence-corrected chi connectivity index (χ2v) is 6.26. The van der Waals surface area contributed by atoms with Crippen LogP contribution in [0.3, 0.4) is 0 Å². The maximum absolute atomic E-state index is 11.7. The van der Waals surface area contributed by atoms with Crippen molar-refractivity contribution >= 4 is 5.97 Å². The van der Waals surface area contributed by atoms with Gasteiger partial charge >= 0.3 is 5.97 Å². The predicted octanol–water partition coefficient (Wildman–Crippen LogP) is 5.32. The lowest BCUT2D eigenvalue weighted by molar-refractivity contribution is -0.134. The van der Waals surface area contributed by atoms with Crippen molar-refractivity contribution in [2.45, 2.75) is 60.5 Å². The van der Waals surface area contributed by atoms with Gasteiger partial charge in [0, 0.05) is 12.0 Å². The molecule has 0 saturated carbocycles. The molecule has 3 nitrogen and oxygen atoms in total. The fourth-order valence-electron chi connectivity index (χ4n) is 2.81. The van der Waals surface area contributed by atoms with E-state index in [2.05, 4.69) is 45.9 Å². The Morgan fingerprint density at radius 2 is 1.60 bits per heavy atom. The Hall–Kier alpha value is -2.29. The minimum absolute atomic E-state index is 0.227. The zero-order valence-electron chi connectivity index (χ0n) is 15.9. The van der Waals surface area contributed by atoms with E-state index in [1.165, 1.54) is 16.7 Å². The molecule has 2 rings (SSSR count). The topological polar surface area (TPSA) is 35.5 Å². The van der Waals surface area contributed by atoms with E-state index >= 15 is 0 Å². The van der Waals surface area contributed by atoms with Gasteiger partial charge in [-0.3, -0.25) is 4.79 Å². The Bertz CT molecular complexity index is 747. The molecule has 0 spiro atoms. The molecule has 0 fully saturated rings. The largest absolute Gasteiger partial charge is 0.488 e. The number of hydrogen-bond acceptors (Lipinski definition) is 3. The molecule has 0 aliphatic rings. The van der Waals surface area contributed by atoms with Gasteiger partial charge < -0.3 is 9.47 Å². The van der Waals surface area contributed by atoms with Crippen molar-refractivity contribution in [3.8, 4) is 11.5 Å². The smallest absolute Gasteiger partial charge is 0.310 e. The molecule has 2 aromatic rings. The summed E-state index contributed by atoms with van der Waals surface area (Å²) < 4.78 is 11.7. The molecule has 0 heterocycles. The van der Waals surface area contributed by atoms with E-state index in [0.29, 0.717) is 18.8 Å². The SMILES string of the molecule is CCC(=O)Oc1cccc(CC)c1COc1cc(C)c(C)cc1CC. The van der Waals surface area contributed by atoms with E-state index in [9.17, 15) is 4.79 Å². The summed E-state index contributed by atoms with van der Waals surface area (Å²) in [6.45, 7) is 10.6. The van der Waals surface area contributed by atoms with Crippen LogP contribution in [0.2, 0.25) is 0 Å². The molecule has 0 aromatic heterocycles. The summed E-state index contributed by atoms with van der Waals surface area (Å²) in [4.78, 5) is 11.7. The molecule has 0 aliphatic heterocycles. The predicted molar refractivity (Wildman–Crippen MR) is 101 cm³/mol. The number of aryl methyl sites for hydroxylation is 4. The van der Waals surface area contributed by atoms with Crippen LogP contribution >= 0.6 is 0 Å². The van der Waals surface area contributed by atoms with Gasteiger partial charge in [0.05, 0.1) is 0 Å². The van der Waals surface area contributed by atoms with Gasteiger partial charge in [-0.15, -0.1) is 0 Å². The fraction of sp³-hybridized carbons (Fsp3) is 0.409. The Labute approximate surface area is 151 Å². The number of esters is 1. The molecule has 134 valence electrons. The van der Waals surface area contributed by atoms with Gasteiger partial charge in [0.15, 0.2) is 0 Å². The highest BCUT2D eigenvalue weighted by atomic mass is 16.5. The zero-order chi connectivity index (χ0) is 18.4. The molecule has 0 aliphatic carbocycles. The van der Waals surface area contributed by atoms with Crippen molar-refractivity contribution in [2.24, 2.45) is 0 Å². The quantitative estimate of drug-likeness (QED) is 0.505. The maximum atomic E-state index is 11.7. The number of hydrogen-bond donors (Lipinski definition) is 0. The van der Waals surface area contributed by atoms with Gasteiger partial charge in [0.25, 0.3) is 0 Å². The van der Waals surface area contributed by atoms with Crippen LogP contribution in [0.1, 0.15) is 55.0 Å². The Morgan fingerprint density at radius 3 is 2.24 bits per heavy atom. The summed E-state index contributed by atoms with van der Waals surface area (Å²) in [7, 11) is 0. The molecule has 0 unspecified atom stereocenters. The molecule has 25 heavy (non-hydrogen) atoms. The number of rotatable bonds is 7. The monoisotopic (exact) mass is 340 g/mol. The van der Waals surface area contributed by atoms with Crippen molar-refractivity contribution in [1.29, 1.82) is 0 Å². The minimum atomic E-state index is -0.227. The highest BCUT2D eigenvalue weighted by molar-refractivity contribution is 5.72. The Morgan fingerprint density at radius 1 is 0.920 bits per heavy atom. The number of ether oxygens (including phenoxy) is 2. The normalized spacial score (nSPS) is 10.6. The highest BCUT2D eigenvalue weighted by Crippen LogP contribution is 2.28. The molecule has 0 saturated heterocycles. The summed E-state index contributed by atoms with van der Waals surface area (Å²) >= 11 is 0. The highest BCUT2D eigenvalue weighted by Gasteiger charge is 2.14.